The quantitative estimate of drug-likeness (QED) is 0.707. The van der Waals surface area contributed by atoms with Crippen LogP contribution >= 0.6 is 36.2 Å². The molecular formula is C19H28Cl2N4O2S. The lowest BCUT2D eigenvalue weighted by Gasteiger charge is -2.34. The number of nitrogens with zero attached hydrogens (tertiary/aromatic N) is 2. The molecule has 156 valence electrons. The number of carbonyl (C=O) groups excluding carboxylic acids is 1. The number of rotatable bonds is 6. The lowest BCUT2D eigenvalue weighted by molar-refractivity contribution is -0.116. The van der Waals surface area contributed by atoms with Crippen molar-refractivity contribution in [2.75, 3.05) is 18.4 Å². The summed E-state index contributed by atoms with van der Waals surface area (Å²) in [6.07, 6.45) is 0.698. The smallest absolute Gasteiger partial charge is 0.228 e. The number of nitrogens with two attached hydrogens (primary N) is 1. The summed E-state index contributed by atoms with van der Waals surface area (Å²) in [5.41, 5.74) is 8.04. The number of nitrogens with one attached hydrogen (secondary N) is 1. The Morgan fingerprint density at radius 1 is 1.29 bits per heavy atom. The maximum absolute atomic E-state index is 12.2. The van der Waals surface area contributed by atoms with Crippen LogP contribution in [0.1, 0.15) is 37.6 Å². The number of amides is 1. The molecule has 0 saturated carbocycles. The highest BCUT2D eigenvalue weighted by Crippen LogP contribution is 2.20. The third-order valence-corrected chi connectivity index (χ3v) is 5.12. The van der Waals surface area contributed by atoms with Crippen LogP contribution in [0.2, 0.25) is 0 Å². The van der Waals surface area contributed by atoms with Crippen molar-refractivity contribution >= 4 is 47.2 Å². The van der Waals surface area contributed by atoms with Crippen LogP contribution in [-0.4, -0.2) is 41.1 Å². The molecule has 0 spiro atoms. The highest BCUT2D eigenvalue weighted by molar-refractivity contribution is 7.13. The molecular weight excluding hydrogens is 419 g/mol. The van der Waals surface area contributed by atoms with Crippen LogP contribution in [0.3, 0.4) is 0 Å². The van der Waals surface area contributed by atoms with Gasteiger partial charge >= 0.3 is 0 Å². The fourth-order valence-electron chi connectivity index (χ4n) is 3.27. The molecule has 0 radical (unpaired) electrons. The highest BCUT2D eigenvalue weighted by Gasteiger charge is 2.23. The Balaban J connectivity index is 0.00000196. The second-order valence-corrected chi connectivity index (χ2v) is 7.72. The zero-order chi connectivity index (χ0) is 18.5. The molecule has 3 rings (SSSR count). The summed E-state index contributed by atoms with van der Waals surface area (Å²) in [5.74, 6) is -0.115. The number of hydrogen-bond donors (Lipinski definition) is 2. The number of halogens is 2. The molecule has 1 fully saturated rings. The zero-order valence-corrected chi connectivity index (χ0v) is 18.5. The molecule has 1 amide bonds. The van der Waals surface area contributed by atoms with Gasteiger partial charge in [0.2, 0.25) is 5.91 Å². The monoisotopic (exact) mass is 446 g/mol. The van der Waals surface area contributed by atoms with Gasteiger partial charge in [-0.15, -0.1) is 36.2 Å². The highest BCUT2D eigenvalue weighted by atomic mass is 35.5. The van der Waals surface area contributed by atoms with Crippen molar-refractivity contribution in [3.8, 4) is 0 Å². The van der Waals surface area contributed by atoms with E-state index < -0.39 is 0 Å². The van der Waals surface area contributed by atoms with Crippen LogP contribution in [-0.2, 0) is 16.1 Å². The minimum atomic E-state index is -0.313. The molecule has 28 heavy (non-hydrogen) atoms. The first-order chi connectivity index (χ1) is 12.5. The number of anilines is 1. The van der Waals surface area contributed by atoms with E-state index >= 15 is 0 Å². The lowest BCUT2D eigenvalue weighted by atomic mass is 10.0. The second-order valence-electron chi connectivity index (χ2n) is 6.86. The number of thiazole rings is 1. The standard InChI is InChI=1S/C19H26N4O2S.2ClH/c1-13-9-23(10-14(2)25-13)11-16-12-26-19(21-16)22-18(24)8-17(20)15-6-4-3-5-7-15;;/h3-7,12-14,17H,8-11,20H2,1-2H3,(H,21,22,24);2*1H. The van der Waals surface area contributed by atoms with Crippen LogP contribution in [0.15, 0.2) is 35.7 Å². The number of morpholine rings is 1. The van der Waals surface area contributed by atoms with E-state index in [0.29, 0.717) is 5.13 Å². The summed E-state index contributed by atoms with van der Waals surface area (Å²) in [7, 11) is 0. The fraction of sp³-hybridized carbons (Fsp3) is 0.474. The lowest BCUT2D eigenvalue weighted by Crippen LogP contribution is -2.44. The Kier molecular flexibility index (Phi) is 10.4. The third kappa shape index (κ3) is 7.31. The van der Waals surface area contributed by atoms with E-state index in [9.17, 15) is 4.79 Å². The maximum Gasteiger partial charge on any atom is 0.228 e. The first kappa shape index (κ1) is 24.8. The minimum Gasteiger partial charge on any atom is -0.373 e. The molecule has 1 saturated heterocycles. The number of carbonyl (C=O) groups is 1. The molecule has 0 aliphatic carbocycles. The summed E-state index contributed by atoms with van der Waals surface area (Å²) in [6.45, 7) is 6.75. The molecule has 6 nitrogen and oxygen atoms in total. The van der Waals surface area contributed by atoms with E-state index in [1.165, 1.54) is 11.3 Å². The zero-order valence-electron chi connectivity index (χ0n) is 16.0. The van der Waals surface area contributed by atoms with Crippen LogP contribution in [0.5, 0.6) is 0 Å². The first-order valence-electron chi connectivity index (χ1n) is 8.92. The normalized spacial score (nSPS) is 20.5. The van der Waals surface area contributed by atoms with E-state index in [4.69, 9.17) is 10.5 Å². The first-order valence-corrected chi connectivity index (χ1v) is 9.80. The van der Waals surface area contributed by atoms with Gasteiger partial charge in [-0.05, 0) is 19.4 Å². The van der Waals surface area contributed by atoms with Gasteiger partial charge in [0.25, 0.3) is 0 Å². The van der Waals surface area contributed by atoms with Gasteiger partial charge < -0.3 is 15.8 Å². The van der Waals surface area contributed by atoms with E-state index in [1.54, 1.807) is 0 Å². The van der Waals surface area contributed by atoms with Crippen LogP contribution in [0.4, 0.5) is 5.13 Å². The van der Waals surface area contributed by atoms with Crippen LogP contribution < -0.4 is 11.1 Å². The summed E-state index contributed by atoms with van der Waals surface area (Å²) < 4.78 is 5.76. The summed E-state index contributed by atoms with van der Waals surface area (Å²) in [5, 5.41) is 5.49. The van der Waals surface area contributed by atoms with Crippen molar-refractivity contribution in [2.24, 2.45) is 5.73 Å². The van der Waals surface area contributed by atoms with E-state index in [-0.39, 0.29) is 55.4 Å². The van der Waals surface area contributed by atoms with Gasteiger partial charge in [0.15, 0.2) is 5.13 Å². The largest absolute Gasteiger partial charge is 0.373 e. The Labute approximate surface area is 182 Å². The molecule has 1 aliphatic rings. The Morgan fingerprint density at radius 2 is 1.93 bits per heavy atom. The average molecular weight is 447 g/mol. The molecule has 2 aromatic rings. The third-order valence-electron chi connectivity index (χ3n) is 4.31. The van der Waals surface area contributed by atoms with Crippen LogP contribution in [0.25, 0.3) is 0 Å². The Morgan fingerprint density at radius 3 is 2.57 bits per heavy atom. The topological polar surface area (TPSA) is 80.5 Å². The summed E-state index contributed by atoms with van der Waals surface area (Å²) in [4.78, 5) is 19.1. The van der Waals surface area contributed by atoms with Crippen molar-refractivity contribution in [2.45, 2.75) is 45.1 Å². The number of benzene rings is 1. The SMILES string of the molecule is CC1CN(Cc2csc(NC(=O)CC(N)c3ccccc3)n2)CC(C)O1.Cl.Cl. The van der Waals surface area contributed by atoms with Gasteiger partial charge in [-0.1, -0.05) is 30.3 Å². The molecule has 1 aliphatic heterocycles. The number of hydrogen-bond acceptors (Lipinski definition) is 6. The molecule has 9 heteroatoms. The van der Waals surface area contributed by atoms with Gasteiger partial charge in [0.05, 0.1) is 17.9 Å². The number of ether oxygens (including phenoxy) is 1. The van der Waals surface area contributed by atoms with Gasteiger partial charge in [-0.3, -0.25) is 9.69 Å². The van der Waals surface area contributed by atoms with Gasteiger partial charge in [0, 0.05) is 37.5 Å². The van der Waals surface area contributed by atoms with E-state index in [2.05, 4.69) is 29.0 Å². The molecule has 3 unspecified atom stereocenters. The molecule has 2 heterocycles. The molecule has 1 aromatic carbocycles. The minimum absolute atomic E-state index is 0. The van der Waals surface area contributed by atoms with Crippen molar-refractivity contribution in [3.63, 3.8) is 0 Å². The van der Waals surface area contributed by atoms with Crippen molar-refractivity contribution in [3.05, 3.63) is 47.0 Å². The number of aromatic nitrogens is 1. The van der Waals surface area contributed by atoms with Crippen molar-refractivity contribution in [1.29, 1.82) is 0 Å². The maximum atomic E-state index is 12.2. The average Bonchev–Trinajstić information content (AvgIpc) is 3.01. The fourth-order valence-corrected chi connectivity index (χ4v) is 3.99. The van der Waals surface area contributed by atoms with Crippen LogP contribution in [0, 0.1) is 0 Å². The van der Waals surface area contributed by atoms with Crippen molar-refractivity contribution in [1.82, 2.24) is 9.88 Å². The van der Waals surface area contributed by atoms with Gasteiger partial charge in [-0.2, -0.15) is 0 Å². The molecule has 3 N–H and O–H groups in total. The van der Waals surface area contributed by atoms with E-state index in [0.717, 1.165) is 30.9 Å². The van der Waals surface area contributed by atoms with Gasteiger partial charge in [0.1, 0.15) is 0 Å². The van der Waals surface area contributed by atoms with Gasteiger partial charge in [-0.25, -0.2) is 4.98 Å². The Bertz CT molecular complexity index is 722. The Hall–Kier alpha value is -1.22. The van der Waals surface area contributed by atoms with Crippen molar-refractivity contribution < 1.29 is 9.53 Å². The molecule has 1 aromatic heterocycles. The predicted molar refractivity (Wildman–Crippen MR) is 119 cm³/mol. The molecule has 0 bridgehead atoms. The molecule has 3 atom stereocenters. The second kappa shape index (κ2) is 11.7. The van der Waals surface area contributed by atoms with E-state index in [1.807, 2.05) is 35.7 Å². The summed E-state index contributed by atoms with van der Waals surface area (Å²) >= 11 is 1.45. The predicted octanol–water partition coefficient (Wildman–Crippen LogP) is 3.62. The summed E-state index contributed by atoms with van der Waals surface area (Å²) in [6, 6.07) is 9.34.